The Morgan fingerprint density at radius 3 is 3.06 bits per heavy atom. The molecule has 3 nitrogen and oxygen atoms in total. The first-order chi connectivity index (χ1) is 8.61. The number of nitrogen functional groups attached to an aromatic ring is 1. The second-order valence-corrected chi connectivity index (χ2v) is 5.81. The van der Waals surface area contributed by atoms with Crippen LogP contribution in [-0.4, -0.2) is 23.9 Å². The Morgan fingerprint density at radius 1 is 1.56 bits per heavy atom. The van der Waals surface area contributed by atoms with Gasteiger partial charge in [-0.3, -0.25) is 4.79 Å². The Bertz CT molecular complexity index is 447. The predicted octanol–water partition coefficient (Wildman–Crippen LogP) is 3.29. The van der Waals surface area contributed by atoms with Crippen LogP contribution in [0, 0.1) is 5.92 Å². The molecular formula is C14H19BrN2O. The maximum absolute atomic E-state index is 12.5. The Morgan fingerprint density at radius 2 is 2.33 bits per heavy atom. The maximum Gasteiger partial charge on any atom is 0.255 e. The summed E-state index contributed by atoms with van der Waals surface area (Å²) < 4.78 is 0.893. The third-order valence-electron chi connectivity index (χ3n) is 3.63. The molecule has 98 valence electrons. The third kappa shape index (κ3) is 2.86. The summed E-state index contributed by atoms with van der Waals surface area (Å²) in [6.45, 7) is 3.90. The summed E-state index contributed by atoms with van der Waals surface area (Å²) in [5.41, 5.74) is 7.07. The highest BCUT2D eigenvalue weighted by atomic mass is 79.9. The lowest BCUT2D eigenvalue weighted by Crippen LogP contribution is -2.40. The topological polar surface area (TPSA) is 46.3 Å². The van der Waals surface area contributed by atoms with E-state index in [0.29, 0.717) is 17.2 Å². The van der Waals surface area contributed by atoms with Crippen LogP contribution in [0.5, 0.6) is 0 Å². The van der Waals surface area contributed by atoms with E-state index in [9.17, 15) is 4.79 Å². The molecule has 0 saturated carbocycles. The van der Waals surface area contributed by atoms with Crippen LogP contribution in [0.25, 0.3) is 0 Å². The van der Waals surface area contributed by atoms with Crippen molar-refractivity contribution in [1.82, 2.24) is 4.90 Å². The molecule has 0 aliphatic carbocycles. The van der Waals surface area contributed by atoms with Gasteiger partial charge in [0.05, 0.1) is 5.56 Å². The molecule has 1 aliphatic heterocycles. The monoisotopic (exact) mass is 310 g/mol. The average Bonchev–Trinajstić information content (AvgIpc) is 2.41. The number of anilines is 1. The van der Waals surface area contributed by atoms with Gasteiger partial charge >= 0.3 is 0 Å². The molecule has 0 aromatic heterocycles. The maximum atomic E-state index is 12.5. The fraction of sp³-hybridized carbons (Fsp3) is 0.500. The summed E-state index contributed by atoms with van der Waals surface area (Å²) >= 11 is 3.39. The molecule has 1 aromatic carbocycles. The molecule has 2 N–H and O–H groups in total. The van der Waals surface area contributed by atoms with Crippen LogP contribution >= 0.6 is 15.9 Å². The SMILES string of the molecule is CCC1CCCN(C(=O)c2cc(Br)ccc2N)C1. The molecule has 1 unspecified atom stereocenters. The Labute approximate surface area is 116 Å². The summed E-state index contributed by atoms with van der Waals surface area (Å²) in [7, 11) is 0. The van der Waals surface area contributed by atoms with E-state index < -0.39 is 0 Å². The standard InChI is InChI=1S/C14H19BrN2O/c1-2-10-4-3-7-17(9-10)14(18)12-8-11(15)5-6-13(12)16/h5-6,8,10H,2-4,7,9,16H2,1H3. The molecule has 0 radical (unpaired) electrons. The molecule has 1 aromatic rings. The largest absolute Gasteiger partial charge is 0.398 e. The number of carbonyl (C=O) groups is 1. The van der Waals surface area contributed by atoms with E-state index in [-0.39, 0.29) is 5.91 Å². The molecule has 18 heavy (non-hydrogen) atoms. The number of nitrogens with zero attached hydrogens (tertiary/aromatic N) is 1. The average molecular weight is 311 g/mol. The zero-order valence-electron chi connectivity index (χ0n) is 10.7. The lowest BCUT2D eigenvalue weighted by Gasteiger charge is -2.32. The van der Waals surface area contributed by atoms with Crippen molar-refractivity contribution in [2.75, 3.05) is 18.8 Å². The molecule has 0 spiro atoms. The highest BCUT2D eigenvalue weighted by Crippen LogP contribution is 2.24. The number of nitrogens with two attached hydrogens (primary N) is 1. The smallest absolute Gasteiger partial charge is 0.255 e. The van der Waals surface area contributed by atoms with E-state index in [2.05, 4.69) is 22.9 Å². The van der Waals surface area contributed by atoms with Crippen LogP contribution in [0.4, 0.5) is 5.69 Å². The molecule has 1 atom stereocenters. The first-order valence-electron chi connectivity index (χ1n) is 6.46. The summed E-state index contributed by atoms with van der Waals surface area (Å²) in [6, 6.07) is 5.45. The third-order valence-corrected chi connectivity index (χ3v) is 4.12. The molecular weight excluding hydrogens is 292 g/mol. The fourth-order valence-corrected chi connectivity index (χ4v) is 2.83. The lowest BCUT2D eigenvalue weighted by molar-refractivity contribution is 0.0672. The minimum atomic E-state index is 0.0620. The molecule has 1 fully saturated rings. The van der Waals surface area contributed by atoms with Crippen molar-refractivity contribution in [3.8, 4) is 0 Å². The Hall–Kier alpha value is -1.03. The van der Waals surface area contributed by atoms with Gasteiger partial charge in [-0.15, -0.1) is 0 Å². The summed E-state index contributed by atoms with van der Waals surface area (Å²) in [6.07, 6.45) is 3.46. The van der Waals surface area contributed by atoms with Gasteiger partial charge < -0.3 is 10.6 Å². The van der Waals surface area contributed by atoms with Gasteiger partial charge in [0.25, 0.3) is 5.91 Å². The van der Waals surface area contributed by atoms with E-state index in [0.717, 1.165) is 30.4 Å². The number of hydrogen-bond acceptors (Lipinski definition) is 2. The molecule has 1 heterocycles. The van der Waals surface area contributed by atoms with Gasteiger partial charge in [0.1, 0.15) is 0 Å². The van der Waals surface area contributed by atoms with Crippen LogP contribution in [0.1, 0.15) is 36.5 Å². The number of rotatable bonds is 2. The van der Waals surface area contributed by atoms with E-state index >= 15 is 0 Å². The molecule has 1 aliphatic rings. The highest BCUT2D eigenvalue weighted by molar-refractivity contribution is 9.10. The van der Waals surface area contributed by atoms with E-state index in [1.54, 1.807) is 6.07 Å². The first kappa shape index (κ1) is 13.4. The van der Waals surface area contributed by atoms with Crippen molar-refractivity contribution < 1.29 is 4.79 Å². The van der Waals surface area contributed by atoms with Crippen molar-refractivity contribution in [2.45, 2.75) is 26.2 Å². The number of piperidine rings is 1. The second kappa shape index (κ2) is 5.74. The van der Waals surface area contributed by atoms with Crippen LogP contribution in [-0.2, 0) is 0 Å². The van der Waals surface area contributed by atoms with Gasteiger partial charge in [0.15, 0.2) is 0 Å². The number of hydrogen-bond donors (Lipinski definition) is 1. The lowest BCUT2D eigenvalue weighted by atomic mass is 9.95. The summed E-state index contributed by atoms with van der Waals surface area (Å²) in [4.78, 5) is 14.4. The van der Waals surface area contributed by atoms with Gasteiger partial charge in [-0.05, 0) is 37.0 Å². The quantitative estimate of drug-likeness (QED) is 0.852. The van der Waals surface area contributed by atoms with Crippen molar-refractivity contribution in [3.05, 3.63) is 28.2 Å². The Balaban J connectivity index is 2.17. The highest BCUT2D eigenvalue weighted by Gasteiger charge is 2.24. The zero-order chi connectivity index (χ0) is 13.1. The number of likely N-dealkylation sites (tertiary alicyclic amines) is 1. The van der Waals surface area contributed by atoms with Gasteiger partial charge in [-0.1, -0.05) is 29.3 Å². The van der Waals surface area contributed by atoms with Gasteiger partial charge in [-0.2, -0.15) is 0 Å². The summed E-state index contributed by atoms with van der Waals surface area (Å²) in [5.74, 6) is 0.697. The minimum Gasteiger partial charge on any atom is -0.398 e. The first-order valence-corrected chi connectivity index (χ1v) is 7.25. The number of carbonyl (C=O) groups excluding carboxylic acids is 1. The Kier molecular flexibility index (Phi) is 4.27. The molecule has 4 heteroatoms. The molecule has 2 rings (SSSR count). The minimum absolute atomic E-state index is 0.0620. The van der Waals surface area contributed by atoms with Crippen molar-refractivity contribution in [2.24, 2.45) is 5.92 Å². The van der Waals surface area contributed by atoms with E-state index in [1.165, 1.54) is 6.42 Å². The van der Waals surface area contributed by atoms with Gasteiger partial charge in [0, 0.05) is 23.2 Å². The van der Waals surface area contributed by atoms with Gasteiger partial charge in [0.2, 0.25) is 0 Å². The van der Waals surface area contributed by atoms with E-state index in [4.69, 9.17) is 5.73 Å². The second-order valence-electron chi connectivity index (χ2n) is 4.90. The van der Waals surface area contributed by atoms with Crippen molar-refractivity contribution in [1.29, 1.82) is 0 Å². The van der Waals surface area contributed by atoms with Gasteiger partial charge in [-0.25, -0.2) is 0 Å². The number of benzene rings is 1. The predicted molar refractivity (Wildman–Crippen MR) is 77.5 cm³/mol. The number of amides is 1. The van der Waals surface area contributed by atoms with Crippen molar-refractivity contribution >= 4 is 27.5 Å². The molecule has 0 bridgehead atoms. The normalized spacial score (nSPS) is 19.9. The molecule has 1 saturated heterocycles. The van der Waals surface area contributed by atoms with E-state index in [1.807, 2.05) is 17.0 Å². The van der Waals surface area contributed by atoms with Crippen LogP contribution < -0.4 is 5.73 Å². The number of halogens is 1. The summed E-state index contributed by atoms with van der Waals surface area (Å²) in [5, 5.41) is 0. The van der Waals surface area contributed by atoms with Crippen molar-refractivity contribution in [3.63, 3.8) is 0 Å². The van der Waals surface area contributed by atoms with Crippen LogP contribution in [0.3, 0.4) is 0 Å². The zero-order valence-corrected chi connectivity index (χ0v) is 12.2. The van der Waals surface area contributed by atoms with Crippen LogP contribution in [0.2, 0.25) is 0 Å². The van der Waals surface area contributed by atoms with Crippen LogP contribution in [0.15, 0.2) is 22.7 Å². The fourth-order valence-electron chi connectivity index (χ4n) is 2.47. The molecule has 1 amide bonds.